The fourth-order valence-corrected chi connectivity index (χ4v) is 1.84. The number of alkyl halides is 3. The van der Waals surface area contributed by atoms with Crippen LogP contribution in [0, 0.1) is 0 Å². The summed E-state index contributed by atoms with van der Waals surface area (Å²) >= 11 is 8.69. The van der Waals surface area contributed by atoms with Crippen molar-refractivity contribution in [3.63, 3.8) is 0 Å². The summed E-state index contributed by atoms with van der Waals surface area (Å²) in [5.41, 5.74) is 5.44. The van der Waals surface area contributed by atoms with Crippen LogP contribution < -0.4 is 5.73 Å². The van der Waals surface area contributed by atoms with Crippen molar-refractivity contribution in [1.82, 2.24) is 0 Å². The predicted molar refractivity (Wildman–Crippen MR) is 58.1 cm³/mol. The lowest BCUT2D eigenvalue weighted by Gasteiger charge is -2.22. The summed E-state index contributed by atoms with van der Waals surface area (Å²) in [6.45, 7) is 0. The molecular weight excluding hydrogens is 310 g/mol. The molecular formula is C9H8BrClF3NO. The summed E-state index contributed by atoms with van der Waals surface area (Å²) in [5.74, 6) is 0. The van der Waals surface area contributed by atoms with Crippen LogP contribution in [0.5, 0.6) is 0 Å². The van der Waals surface area contributed by atoms with E-state index in [9.17, 15) is 13.2 Å². The summed E-state index contributed by atoms with van der Waals surface area (Å²) < 4.78 is 37.1. The van der Waals surface area contributed by atoms with Crippen molar-refractivity contribution >= 4 is 27.5 Å². The van der Waals surface area contributed by atoms with Crippen molar-refractivity contribution in [2.24, 2.45) is 5.73 Å². The molecule has 7 heteroatoms. The van der Waals surface area contributed by atoms with Crippen LogP contribution in [-0.4, -0.2) is 17.4 Å². The highest BCUT2D eigenvalue weighted by molar-refractivity contribution is 9.10. The van der Waals surface area contributed by atoms with Gasteiger partial charge in [0.2, 0.25) is 0 Å². The Labute approximate surface area is 103 Å². The minimum Gasteiger partial charge on any atom is -0.382 e. The Morgan fingerprint density at radius 2 is 1.94 bits per heavy atom. The molecule has 3 N–H and O–H groups in total. The zero-order valence-corrected chi connectivity index (χ0v) is 10.1. The Bertz CT molecular complexity index is 386. The Hall–Kier alpha value is -0.300. The third kappa shape index (κ3) is 3.10. The lowest BCUT2D eigenvalue weighted by molar-refractivity contribution is -0.210. The highest BCUT2D eigenvalue weighted by atomic mass is 79.9. The Kier molecular flexibility index (Phi) is 4.23. The van der Waals surface area contributed by atoms with E-state index in [0.717, 1.165) is 0 Å². The molecule has 1 aromatic rings. The molecule has 0 fully saturated rings. The number of aliphatic hydroxyl groups is 1. The fraction of sp³-hybridized carbons (Fsp3) is 0.333. The van der Waals surface area contributed by atoms with E-state index in [2.05, 4.69) is 15.9 Å². The molecule has 2 nitrogen and oxygen atoms in total. The first-order valence-electron chi connectivity index (χ1n) is 4.19. The second-order valence-corrected chi connectivity index (χ2v) is 4.47. The fourth-order valence-electron chi connectivity index (χ4n) is 1.14. The minimum absolute atomic E-state index is 0.109. The second kappa shape index (κ2) is 4.91. The van der Waals surface area contributed by atoms with Gasteiger partial charge < -0.3 is 10.8 Å². The quantitative estimate of drug-likeness (QED) is 0.880. The van der Waals surface area contributed by atoms with Gasteiger partial charge in [0.1, 0.15) is 0 Å². The predicted octanol–water partition coefficient (Wildman–Crippen LogP) is 3.03. The van der Waals surface area contributed by atoms with Crippen LogP contribution in [0.3, 0.4) is 0 Å². The molecule has 0 saturated heterocycles. The molecule has 90 valence electrons. The lowest BCUT2D eigenvalue weighted by atomic mass is 10.0. The van der Waals surface area contributed by atoms with E-state index in [1.54, 1.807) is 0 Å². The smallest absolute Gasteiger partial charge is 0.382 e. The molecule has 0 aromatic heterocycles. The number of aliphatic hydroxyl groups excluding tert-OH is 1. The monoisotopic (exact) mass is 317 g/mol. The van der Waals surface area contributed by atoms with Gasteiger partial charge in [-0.15, -0.1) is 0 Å². The SMILES string of the molecule is N[C@@H](c1cc(Cl)ccc1Br)[C@H](O)C(F)(F)F. The Morgan fingerprint density at radius 1 is 1.38 bits per heavy atom. The van der Waals surface area contributed by atoms with Gasteiger partial charge in [0.05, 0.1) is 6.04 Å². The number of hydrogen-bond acceptors (Lipinski definition) is 2. The molecule has 0 spiro atoms. The molecule has 16 heavy (non-hydrogen) atoms. The van der Waals surface area contributed by atoms with Gasteiger partial charge >= 0.3 is 6.18 Å². The molecule has 0 aliphatic carbocycles. The molecule has 0 bridgehead atoms. The van der Waals surface area contributed by atoms with Crippen LogP contribution in [0.15, 0.2) is 22.7 Å². The summed E-state index contributed by atoms with van der Waals surface area (Å²) in [6.07, 6.45) is -7.39. The van der Waals surface area contributed by atoms with Crippen molar-refractivity contribution in [2.75, 3.05) is 0 Å². The standard InChI is InChI=1S/C9H8BrClF3NO/c10-6-2-1-4(11)3-5(6)7(15)8(16)9(12,13)14/h1-3,7-8,16H,15H2/t7-,8-/m0/s1. The zero-order chi connectivity index (χ0) is 12.5. The van der Waals surface area contributed by atoms with Gasteiger partial charge in [-0.1, -0.05) is 27.5 Å². The molecule has 1 rings (SSSR count). The van der Waals surface area contributed by atoms with Gasteiger partial charge in [-0.3, -0.25) is 0 Å². The van der Waals surface area contributed by atoms with E-state index in [0.29, 0.717) is 4.47 Å². The summed E-state index contributed by atoms with van der Waals surface area (Å²) in [7, 11) is 0. The number of halogens is 5. The Morgan fingerprint density at radius 3 is 2.44 bits per heavy atom. The van der Waals surface area contributed by atoms with Crippen molar-refractivity contribution in [1.29, 1.82) is 0 Å². The molecule has 1 aromatic carbocycles. The molecule has 0 radical (unpaired) electrons. The van der Waals surface area contributed by atoms with Crippen LogP contribution in [0.25, 0.3) is 0 Å². The highest BCUT2D eigenvalue weighted by Gasteiger charge is 2.43. The van der Waals surface area contributed by atoms with Crippen molar-refractivity contribution in [3.05, 3.63) is 33.3 Å². The minimum atomic E-state index is -4.76. The number of hydrogen-bond donors (Lipinski definition) is 2. The van der Waals surface area contributed by atoms with Crippen LogP contribution in [-0.2, 0) is 0 Å². The third-order valence-electron chi connectivity index (χ3n) is 1.99. The van der Waals surface area contributed by atoms with Crippen molar-refractivity contribution in [3.8, 4) is 0 Å². The van der Waals surface area contributed by atoms with Gasteiger partial charge in [0.15, 0.2) is 6.10 Å². The van der Waals surface area contributed by atoms with Crippen LogP contribution in [0.1, 0.15) is 11.6 Å². The van der Waals surface area contributed by atoms with Crippen molar-refractivity contribution < 1.29 is 18.3 Å². The van der Waals surface area contributed by atoms with E-state index >= 15 is 0 Å². The average molecular weight is 319 g/mol. The highest BCUT2D eigenvalue weighted by Crippen LogP contribution is 2.33. The molecule has 2 atom stereocenters. The Balaban J connectivity index is 3.05. The van der Waals surface area contributed by atoms with E-state index in [1.807, 2.05) is 0 Å². The molecule has 0 saturated carbocycles. The largest absolute Gasteiger partial charge is 0.416 e. The molecule has 0 aliphatic heterocycles. The number of benzene rings is 1. The molecule has 0 aliphatic rings. The molecule has 0 heterocycles. The van der Waals surface area contributed by atoms with Crippen LogP contribution >= 0.6 is 27.5 Å². The first-order valence-corrected chi connectivity index (χ1v) is 5.36. The first kappa shape index (κ1) is 13.8. The maximum absolute atomic E-state index is 12.2. The van der Waals surface area contributed by atoms with E-state index in [-0.39, 0.29) is 10.6 Å². The normalized spacial score (nSPS) is 15.9. The maximum Gasteiger partial charge on any atom is 0.416 e. The van der Waals surface area contributed by atoms with Gasteiger partial charge in [-0.05, 0) is 23.8 Å². The maximum atomic E-state index is 12.2. The van der Waals surface area contributed by atoms with Gasteiger partial charge in [0.25, 0.3) is 0 Å². The van der Waals surface area contributed by atoms with Crippen LogP contribution in [0.2, 0.25) is 5.02 Å². The van der Waals surface area contributed by atoms with Crippen molar-refractivity contribution in [2.45, 2.75) is 18.3 Å². The van der Waals surface area contributed by atoms with Crippen LogP contribution in [0.4, 0.5) is 13.2 Å². The summed E-state index contributed by atoms with van der Waals surface area (Å²) in [5, 5.41) is 9.26. The summed E-state index contributed by atoms with van der Waals surface area (Å²) in [4.78, 5) is 0. The van der Waals surface area contributed by atoms with Gasteiger partial charge in [-0.2, -0.15) is 13.2 Å². The molecule has 0 amide bonds. The van der Waals surface area contributed by atoms with Gasteiger partial charge in [0, 0.05) is 9.50 Å². The lowest BCUT2D eigenvalue weighted by Crippen LogP contribution is -2.39. The van der Waals surface area contributed by atoms with Gasteiger partial charge in [-0.25, -0.2) is 0 Å². The first-order chi connectivity index (χ1) is 7.23. The second-order valence-electron chi connectivity index (χ2n) is 3.18. The summed E-state index contributed by atoms with van der Waals surface area (Å²) in [6, 6.07) is 2.68. The van der Waals surface area contributed by atoms with E-state index in [4.69, 9.17) is 22.4 Å². The number of nitrogens with two attached hydrogens (primary N) is 1. The van der Waals surface area contributed by atoms with E-state index < -0.39 is 18.3 Å². The average Bonchev–Trinajstić information content (AvgIpc) is 2.18. The zero-order valence-electron chi connectivity index (χ0n) is 7.80. The topological polar surface area (TPSA) is 46.2 Å². The van der Waals surface area contributed by atoms with E-state index in [1.165, 1.54) is 18.2 Å². The number of rotatable bonds is 2. The third-order valence-corrected chi connectivity index (χ3v) is 2.95. The molecule has 0 unspecified atom stereocenters.